The molecule has 0 amide bonds. The van der Waals surface area contributed by atoms with Crippen LogP contribution < -0.4 is 10.5 Å². The number of fused-ring (bicyclic) bond motifs is 1. The summed E-state index contributed by atoms with van der Waals surface area (Å²) in [5, 5.41) is 0. The molecule has 0 aliphatic rings. The molecular formula is C11H14N2O4S2. The molecule has 19 heavy (non-hydrogen) atoms. The number of rotatable bonds is 6. The molecule has 0 radical (unpaired) electrons. The lowest BCUT2D eigenvalue weighted by Gasteiger charge is -2.04. The molecule has 0 aliphatic carbocycles. The van der Waals surface area contributed by atoms with E-state index in [1.807, 2.05) is 6.07 Å². The molecule has 0 atom stereocenters. The third-order valence-corrected chi connectivity index (χ3v) is 4.86. The van der Waals surface area contributed by atoms with Gasteiger partial charge in [-0.15, -0.1) is 11.8 Å². The topological polar surface area (TPSA) is 92.2 Å². The lowest BCUT2D eigenvalue weighted by atomic mass is 10.3. The summed E-state index contributed by atoms with van der Waals surface area (Å²) in [6.07, 6.45) is 0. The first-order chi connectivity index (χ1) is 9.00. The third-order valence-electron chi connectivity index (χ3n) is 2.47. The molecule has 0 bridgehead atoms. The van der Waals surface area contributed by atoms with Gasteiger partial charge in [0.15, 0.2) is 5.58 Å². The number of oxazole rings is 1. The zero-order valence-corrected chi connectivity index (χ0v) is 11.9. The Hall–Kier alpha value is -1.25. The minimum Gasteiger partial charge on any atom is -0.408 e. The average molecular weight is 302 g/mol. The van der Waals surface area contributed by atoms with Crippen LogP contribution in [0.1, 0.15) is 6.92 Å². The predicted molar refractivity (Wildman–Crippen MR) is 75.0 cm³/mol. The highest BCUT2D eigenvalue weighted by Gasteiger charge is 2.06. The van der Waals surface area contributed by atoms with Crippen LogP contribution in [-0.2, 0) is 10.0 Å². The van der Waals surface area contributed by atoms with Crippen LogP contribution >= 0.6 is 11.8 Å². The molecule has 2 N–H and O–H groups in total. The van der Waals surface area contributed by atoms with E-state index in [9.17, 15) is 13.2 Å². The largest absolute Gasteiger partial charge is 0.417 e. The summed E-state index contributed by atoms with van der Waals surface area (Å²) < 4.78 is 29.9. The summed E-state index contributed by atoms with van der Waals surface area (Å²) in [7, 11) is -3.13. The van der Waals surface area contributed by atoms with Crippen molar-refractivity contribution < 1.29 is 12.8 Å². The number of hydrogen-bond acceptors (Lipinski definition) is 5. The van der Waals surface area contributed by atoms with E-state index in [1.54, 1.807) is 19.1 Å². The average Bonchev–Trinajstić information content (AvgIpc) is 2.74. The van der Waals surface area contributed by atoms with Crippen LogP contribution in [0.15, 0.2) is 32.3 Å². The number of aromatic amines is 1. The van der Waals surface area contributed by atoms with Gasteiger partial charge in [-0.05, 0) is 25.1 Å². The van der Waals surface area contributed by atoms with Crippen LogP contribution in [0.5, 0.6) is 0 Å². The molecule has 0 aliphatic heterocycles. The van der Waals surface area contributed by atoms with Crippen molar-refractivity contribution in [3.63, 3.8) is 0 Å². The summed E-state index contributed by atoms with van der Waals surface area (Å²) in [6, 6.07) is 5.37. The van der Waals surface area contributed by atoms with Gasteiger partial charge in [0.25, 0.3) is 0 Å². The lowest BCUT2D eigenvalue weighted by Crippen LogP contribution is -2.27. The Morgan fingerprint density at radius 1 is 1.42 bits per heavy atom. The predicted octanol–water partition coefficient (Wildman–Crippen LogP) is 1.15. The van der Waals surface area contributed by atoms with E-state index in [-0.39, 0.29) is 5.75 Å². The molecule has 0 saturated carbocycles. The standard InChI is InChI=1S/C11H14N2O4S2/c1-2-19(15,16)12-5-6-18-8-3-4-9-10(7-8)17-11(14)13-9/h3-4,7,12H,2,5-6H2,1H3,(H,13,14). The van der Waals surface area contributed by atoms with Crippen LogP contribution in [0, 0.1) is 0 Å². The monoisotopic (exact) mass is 302 g/mol. The van der Waals surface area contributed by atoms with Crippen molar-refractivity contribution in [2.24, 2.45) is 0 Å². The second kappa shape index (κ2) is 5.81. The molecule has 0 fully saturated rings. The van der Waals surface area contributed by atoms with Crippen molar-refractivity contribution in [1.82, 2.24) is 9.71 Å². The zero-order valence-electron chi connectivity index (χ0n) is 10.3. The number of H-pyrrole nitrogens is 1. The number of thioether (sulfide) groups is 1. The summed E-state index contributed by atoms with van der Waals surface area (Å²) in [5.74, 6) is 0.213. The van der Waals surface area contributed by atoms with Crippen molar-refractivity contribution >= 4 is 32.9 Å². The fourth-order valence-electron chi connectivity index (χ4n) is 1.48. The molecule has 1 aromatic carbocycles. The van der Waals surface area contributed by atoms with E-state index in [0.29, 0.717) is 23.4 Å². The summed E-state index contributed by atoms with van der Waals surface area (Å²) in [5.41, 5.74) is 1.16. The summed E-state index contributed by atoms with van der Waals surface area (Å²) in [6.45, 7) is 1.97. The second-order valence-electron chi connectivity index (χ2n) is 3.82. The molecule has 2 rings (SSSR count). The Balaban J connectivity index is 1.93. The highest BCUT2D eigenvalue weighted by atomic mass is 32.2. The molecule has 8 heteroatoms. The Kier molecular flexibility index (Phi) is 4.33. The van der Waals surface area contributed by atoms with Crippen molar-refractivity contribution in [3.8, 4) is 0 Å². The van der Waals surface area contributed by atoms with Gasteiger partial charge in [-0.25, -0.2) is 17.9 Å². The number of aromatic nitrogens is 1. The number of nitrogens with one attached hydrogen (secondary N) is 2. The van der Waals surface area contributed by atoms with Gasteiger partial charge in [-0.3, -0.25) is 4.98 Å². The van der Waals surface area contributed by atoms with Gasteiger partial charge in [0.2, 0.25) is 10.0 Å². The Morgan fingerprint density at radius 3 is 2.95 bits per heavy atom. The number of hydrogen-bond donors (Lipinski definition) is 2. The fraction of sp³-hybridized carbons (Fsp3) is 0.364. The second-order valence-corrected chi connectivity index (χ2v) is 7.08. The van der Waals surface area contributed by atoms with Crippen molar-refractivity contribution in [2.45, 2.75) is 11.8 Å². The Morgan fingerprint density at radius 2 is 2.21 bits per heavy atom. The quantitative estimate of drug-likeness (QED) is 0.617. The van der Waals surface area contributed by atoms with Gasteiger partial charge in [0.05, 0.1) is 11.3 Å². The van der Waals surface area contributed by atoms with Crippen LogP contribution in [0.4, 0.5) is 0 Å². The maximum atomic E-state index is 11.2. The van der Waals surface area contributed by atoms with E-state index in [1.165, 1.54) is 11.8 Å². The molecule has 0 spiro atoms. The molecule has 1 heterocycles. The van der Waals surface area contributed by atoms with Crippen LogP contribution in [0.2, 0.25) is 0 Å². The van der Waals surface area contributed by atoms with Crippen LogP contribution in [0.25, 0.3) is 11.1 Å². The number of sulfonamides is 1. The van der Waals surface area contributed by atoms with Crippen LogP contribution in [0.3, 0.4) is 0 Å². The molecular weight excluding hydrogens is 288 g/mol. The van der Waals surface area contributed by atoms with Gasteiger partial charge < -0.3 is 4.42 Å². The maximum absolute atomic E-state index is 11.2. The van der Waals surface area contributed by atoms with E-state index < -0.39 is 15.8 Å². The minimum absolute atomic E-state index is 0.0815. The van der Waals surface area contributed by atoms with Gasteiger partial charge in [0.1, 0.15) is 0 Å². The van der Waals surface area contributed by atoms with E-state index >= 15 is 0 Å². The van der Waals surface area contributed by atoms with Gasteiger partial charge in [0, 0.05) is 17.2 Å². The highest BCUT2D eigenvalue weighted by Crippen LogP contribution is 2.21. The van der Waals surface area contributed by atoms with Crippen molar-refractivity contribution in [3.05, 3.63) is 28.7 Å². The molecule has 1 aromatic heterocycles. The lowest BCUT2D eigenvalue weighted by molar-refractivity contribution is 0.554. The molecule has 0 unspecified atom stereocenters. The summed E-state index contributed by atoms with van der Waals surface area (Å²) >= 11 is 1.49. The van der Waals surface area contributed by atoms with Gasteiger partial charge >= 0.3 is 5.76 Å². The first-order valence-corrected chi connectivity index (χ1v) is 8.37. The maximum Gasteiger partial charge on any atom is 0.417 e. The van der Waals surface area contributed by atoms with Gasteiger partial charge in [-0.2, -0.15) is 0 Å². The van der Waals surface area contributed by atoms with Crippen LogP contribution in [-0.4, -0.2) is 31.5 Å². The number of benzene rings is 1. The zero-order chi connectivity index (χ0) is 13.9. The highest BCUT2D eigenvalue weighted by molar-refractivity contribution is 7.99. The Bertz CT molecular complexity index is 718. The minimum atomic E-state index is -3.13. The first kappa shape index (κ1) is 14.2. The molecule has 0 saturated heterocycles. The SMILES string of the molecule is CCS(=O)(=O)NCCSc1ccc2[nH]c(=O)oc2c1. The van der Waals surface area contributed by atoms with E-state index in [0.717, 1.165) is 4.90 Å². The third kappa shape index (κ3) is 3.85. The van der Waals surface area contributed by atoms with Crippen molar-refractivity contribution in [1.29, 1.82) is 0 Å². The normalized spacial score (nSPS) is 12.1. The summed E-state index contributed by atoms with van der Waals surface area (Å²) in [4.78, 5) is 14.5. The van der Waals surface area contributed by atoms with Crippen molar-refractivity contribution in [2.75, 3.05) is 18.1 Å². The molecule has 2 aromatic rings. The smallest absolute Gasteiger partial charge is 0.408 e. The molecule has 104 valence electrons. The first-order valence-electron chi connectivity index (χ1n) is 5.73. The van der Waals surface area contributed by atoms with E-state index in [2.05, 4.69) is 9.71 Å². The van der Waals surface area contributed by atoms with Gasteiger partial charge in [-0.1, -0.05) is 0 Å². The van der Waals surface area contributed by atoms with E-state index in [4.69, 9.17) is 4.42 Å². The fourth-order valence-corrected chi connectivity index (χ4v) is 3.02. The molecule has 6 nitrogen and oxygen atoms in total. The Labute approximate surface area is 114 Å².